The van der Waals surface area contributed by atoms with Crippen LogP contribution in [0.4, 0.5) is 0 Å². The summed E-state index contributed by atoms with van der Waals surface area (Å²) in [6, 6.07) is 17.0. The van der Waals surface area contributed by atoms with Crippen molar-refractivity contribution in [3.8, 4) is 0 Å². The normalized spacial score (nSPS) is 17.5. The first kappa shape index (κ1) is 14.3. The highest BCUT2D eigenvalue weighted by molar-refractivity contribution is 5.32. The van der Waals surface area contributed by atoms with E-state index in [1.165, 1.54) is 36.0 Å². The van der Waals surface area contributed by atoms with Gasteiger partial charge in [-0.3, -0.25) is 0 Å². The zero-order valence-corrected chi connectivity index (χ0v) is 12.4. The van der Waals surface area contributed by atoms with Crippen molar-refractivity contribution in [1.29, 1.82) is 0 Å². The van der Waals surface area contributed by atoms with Crippen molar-refractivity contribution >= 4 is 0 Å². The molecule has 1 aliphatic carbocycles. The van der Waals surface area contributed by atoms with Crippen LogP contribution in [0.25, 0.3) is 0 Å². The van der Waals surface area contributed by atoms with Crippen LogP contribution in [0.15, 0.2) is 48.5 Å². The maximum atomic E-state index is 9.05. The second-order valence-electron chi connectivity index (χ2n) is 5.89. The van der Waals surface area contributed by atoms with Gasteiger partial charge in [-0.05, 0) is 47.4 Å². The van der Waals surface area contributed by atoms with Gasteiger partial charge in [0, 0.05) is 13.1 Å². The number of aliphatic hydroxyl groups excluding tert-OH is 1. The number of nitrogens with one attached hydrogen (secondary N) is 1. The number of rotatable bonds is 5. The Labute approximate surface area is 126 Å². The SMILES string of the molecule is OCc1ccc(CNCC2CCCc3ccccc32)cc1. The lowest BCUT2D eigenvalue weighted by molar-refractivity contribution is 0.282. The molecule has 1 aliphatic rings. The summed E-state index contributed by atoms with van der Waals surface area (Å²) in [5.74, 6) is 0.645. The van der Waals surface area contributed by atoms with Crippen molar-refractivity contribution < 1.29 is 5.11 Å². The molecule has 0 fully saturated rings. The summed E-state index contributed by atoms with van der Waals surface area (Å²) in [4.78, 5) is 0. The van der Waals surface area contributed by atoms with E-state index in [4.69, 9.17) is 5.11 Å². The Morgan fingerprint density at radius 3 is 2.57 bits per heavy atom. The molecule has 2 N–H and O–H groups in total. The van der Waals surface area contributed by atoms with Crippen LogP contribution in [-0.4, -0.2) is 11.7 Å². The molecular weight excluding hydrogens is 258 g/mol. The van der Waals surface area contributed by atoms with E-state index >= 15 is 0 Å². The molecule has 21 heavy (non-hydrogen) atoms. The molecule has 2 aromatic carbocycles. The lowest BCUT2D eigenvalue weighted by Gasteiger charge is -2.25. The number of hydrogen-bond acceptors (Lipinski definition) is 2. The fraction of sp³-hybridized carbons (Fsp3) is 0.368. The summed E-state index contributed by atoms with van der Waals surface area (Å²) < 4.78 is 0. The van der Waals surface area contributed by atoms with Crippen LogP contribution in [0.2, 0.25) is 0 Å². The zero-order chi connectivity index (χ0) is 14.5. The van der Waals surface area contributed by atoms with Gasteiger partial charge in [0.2, 0.25) is 0 Å². The number of fused-ring (bicyclic) bond motifs is 1. The van der Waals surface area contributed by atoms with E-state index in [2.05, 4.69) is 41.7 Å². The average Bonchev–Trinajstić information content (AvgIpc) is 2.56. The van der Waals surface area contributed by atoms with Crippen LogP contribution in [0.3, 0.4) is 0 Å². The molecule has 1 atom stereocenters. The Kier molecular flexibility index (Phi) is 4.69. The van der Waals surface area contributed by atoms with Crippen LogP contribution in [0, 0.1) is 0 Å². The van der Waals surface area contributed by atoms with Crippen LogP contribution < -0.4 is 5.32 Å². The standard InChI is InChI=1S/C19H23NO/c21-14-16-10-8-15(9-11-16)12-20-13-18-6-3-5-17-4-1-2-7-19(17)18/h1-2,4,7-11,18,20-21H,3,5-6,12-14H2. The van der Waals surface area contributed by atoms with E-state index in [9.17, 15) is 0 Å². The Balaban J connectivity index is 1.56. The first-order valence-electron chi connectivity index (χ1n) is 7.84. The Morgan fingerprint density at radius 2 is 1.76 bits per heavy atom. The van der Waals surface area contributed by atoms with E-state index in [0.29, 0.717) is 5.92 Å². The molecule has 2 nitrogen and oxygen atoms in total. The van der Waals surface area contributed by atoms with E-state index < -0.39 is 0 Å². The summed E-state index contributed by atoms with van der Waals surface area (Å²) in [7, 11) is 0. The summed E-state index contributed by atoms with van der Waals surface area (Å²) in [6.45, 7) is 2.05. The molecule has 1 unspecified atom stereocenters. The van der Waals surface area contributed by atoms with Gasteiger partial charge >= 0.3 is 0 Å². The molecule has 0 aliphatic heterocycles. The largest absolute Gasteiger partial charge is 0.392 e. The minimum atomic E-state index is 0.118. The number of aryl methyl sites for hydroxylation is 1. The molecule has 3 rings (SSSR count). The second-order valence-corrected chi connectivity index (χ2v) is 5.89. The highest BCUT2D eigenvalue weighted by Gasteiger charge is 2.18. The molecule has 0 amide bonds. The lowest BCUT2D eigenvalue weighted by Crippen LogP contribution is -2.24. The highest BCUT2D eigenvalue weighted by atomic mass is 16.3. The van der Waals surface area contributed by atoms with Crippen molar-refractivity contribution in [2.75, 3.05) is 6.54 Å². The first-order chi connectivity index (χ1) is 10.4. The molecule has 2 heteroatoms. The zero-order valence-electron chi connectivity index (χ0n) is 12.4. The number of aliphatic hydroxyl groups is 1. The second kappa shape index (κ2) is 6.88. The van der Waals surface area contributed by atoms with Gasteiger partial charge in [-0.2, -0.15) is 0 Å². The van der Waals surface area contributed by atoms with Crippen LogP contribution in [0.5, 0.6) is 0 Å². The summed E-state index contributed by atoms with van der Waals surface area (Å²) in [6.07, 6.45) is 3.82. The highest BCUT2D eigenvalue weighted by Crippen LogP contribution is 2.30. The van der Waals surface area contributed by atoms with Crippen molar-refractivity contribution in [2.45, 2.75) is 38.3 Å². The summed E-state index contributed by atoms with van der Waals surface area (Å²) in [5, 5.41) is 12.6. The van der Waals surface area contributed by atoms with E-state index in [0.717, 1.165) is 18.7 Å². The van der Waals surface area contributed by atoms with Gasteiger partial charge in [0.25, 0.3) is 0 Å². The molecule has 0 saturated heterocycles. The molecule has 0 radical (unpaired) electrons. The molecule has 0 saturated carbocycles. The average molecular weight is 281 g/mol. The predicted molar refractivity (Wildman–Crippen MR) is 86.2 cm³/mol. The minimum absolute atomic E-state index is 0.118. The van der Waals surface area contributed by atoms with E-state index in [1.807, 2.05) is 12.1 Å². The van der Waals surface area contributed by atoms with Crippen molar-refractivity contribution in [1.82, 2.24) is 5.32 Å². The minimum Gasteiger partial charge on any atom is -0.392 e. The maximum absolute atomic E-state index is 9.05. The van der Waals surface area contributed by atoms with E-state index in [-0.39, 0.29) is 6.61 Å². The fourth-order valence-electron chi connectivity index (χ4n) is 3.22. The molecule has 0 heterocycles. The number of hydrogen-bond donors (Lipinski definition) is 2. The van der Waals surface area contributed by atoms with Crippen molar-refractivity contribution in [3.63, 3.8) is 0 Å². The topological polar surface area (TPSA) is 32.3 Å². The lowest BCUT2D eigenvalue weighted by atomic mass is 9.83. The molecule has 2 aromatic rings. The van der Waals surface area contributed by atoms with Gasteiger partial charge in [0.15, 0.2) is 0 Å². The third-order valence-corrected chi connectivity index (χ3v) is 4.42. The molecule has 110 valence electrons. The Bertz CT molecular complexity index is 576. The van der Waals surface area contributed by atoms with Crippen molar-refractivity contribution in [2.24, 2.45) is 0 Å². The van der Waals surface area contributed by atoms with Gasteiger partial charge in [-0.25, -0.2) is 0 Å². The Morgan fingerprint density at radius 1 is 1.00 bits per heavy atom. The van der Waals surface area contributed by atoms with Gasteiger partial charge < -0.3 is 10.4 Å². The van der Waals surface area contributed by atoms with Gasteiger partial charge in [-0.1, -0.05) is 48.5 Å². The third kappa shape index (κ3) is 3.52. The van der Waals surface area contributed by atoms with Crippen molar-refractivity contribution in [3.05, 3.63) is 70.8 Å². The van der Waals surface area contributed by atoms with Crippen LogP contribution >= 0.6 is 0 Å². The van der Waals surface area contributed by atoms with Gasteiger partial charge in [0.1, 0.15) is 0 Å². The van der Waals surface area contributed by atoms with Crippen LogP contribution in [-0.2, 0) is 19.6 Å². The Hall–Kier alpha value is -1.64. The fourth-order valence-corrected chi connectivity index (χ4v) is 3.22. The smallest absolute Gasteiger partial charge is 0.0681 e. The maximum Gasteiger partial charge on any atom is 0.0681 e. The van der Waals surface area contributed by atoms with Gasteiger partial charge in [-0.15, -0.1) is 0 Å². The summed E-state index contributed by atoms with van der Waals surface area (Å²) in [5.41, 5.74) is 5.31. The molecule has 0 bridgehead atoms. The number of benzene rings is 2. The molecular formula is C19H23NO. The predicted octanol–water partition coefficient (Wildman–Crippen LogP) is 3.39. The molecule has 0 aromatic heterocycles. The summed E-state index contributed by atoms with van der Waals surface area (Å²) >= 11 is 0. The quantitative estimate of drug-likeness (QED) is 0.880. The first-order valence-corrected chi connectivity index (χ1v) is 7.84. The third-order valence-electron chi connectivity index (χ3n) is 4.42. The van der Waals surface area contributed by atoms with E-state index in [1.54, 1.807) is 0 Å². The van der Waals surface area contributed by atoms with Gasteiger partial charge in [0.05, 0.1) is 6.61 Å². The van der Waals surface area contributed by atoms with Crippen LogP contribution in [0.1, 0.15) is 41.0 Å². The molecule has 0 spiro atoms. The monoisotopic (exact) mass is 281 g/mol.